The van der Waals surface area contributed by atoms with Gasteiger partial charge in [0.15, 0.2) is 0 Å². The molecule has 0 bridgehead atoms. The van der Waals surface area contributed by atoms with Gasteiger partial charge < -0.3 is 0 Å². The number of hydrogen-bond acceptors (Lipinski definition) is 8. The van der Waals surface area contributed by atoms with Crippen LogP contribution in [0.1, 0.15) is 37.3 Å². The molecular formula is C22H19AsClF3N5O4. The molecule has 1 amide bonds. The van der Waals surface area contributed by atoms with Gasteiger partial charge in [-0.25, -0.2) is 0 Å². The topological polar surface area (TPSA) is 103 Å². The van der Waals surface area contributed by atoms with Crippen molar-refractivity contribution in [3.63, 3.8) is 0 Å². The van der Waals surface area contributed by atoms with Crippen LogP contribution in [0.25, 0.3) is 11.4 Å². The van der Waals surface area contributed by atoms with Gasteiger partial charge >= 0.3 is 215 Å². The molecule has 3 aromatic rings. The maximum atomic E-state index is 12.6. The Hall–Kier alpha value is -2.85. The molecule has 36 heavy (non-hydrogen) atoms. The number of ether oxygens (including phenoxy) is 2. The zero-order chi connectivity index (χ0) is 25.7. The zero-order valence-corrected chi connectivity index (χ0v) is 21.6. The summed E-state index contributed by atoms with van der Waals surface area (Å²) in [5, 5.41) is 3.69. The maximum absolute atomic E-state index is 12.6. The molecule has 1 aliphatic carbocycles. The summed E-state index contributed by atoms with van der Waals surface area (Å²) in [4.78, 5) is 27.4. The monoisotopic (exact) mass is 584 g/mol. The van der Waals surface area contributed by atoms with Crippen molar-refractivity contribution in [1.29, 1.82) is 0 Å². The van der Waals surface area contributed by atoms with Crippen molar-refractivity contribution >= 4 is 43.9 Å². The number of alkyl halides is 3. The first-order valence-electron chi connectivity index (χ1n) is 10.9. The van der Waals surface area contributed by atoms with Crippen molar-refractivity contribution < 1.29 is 32.0 Å². The molecule has 1 unspecified atom stereocenters. The number of rotatable bonds is 7. The fourth-order valence-electron chi connectivity index (χ4n) is 4.03. The van der Waals surface area contributed by atoms with E-state index in [2.05, 4.69) is 24.8 Å². The predicted molar refractivity (Wildman–Crippen MR) is 122 cm³/mol. The minimum atomic E-state index is -4.89. The van der Waals surface area contributed by atoms with Gasteiger partial charge in [-0.2, -0.15) is 0 Å². The molecule has 9 nitrogen and oxygen atoms in total. The van der Waals surface area contributed by atoms with Crippen LogP contribution in [-0.4, -0.2) is 60.5 Å². The van der Waals surface area contributed by atoms with Crippen LogP contribution in [-0.2, 0) is 4.74 Å². The van der Waals surface area contributed by atoms with Gasteiger partial charge in [-0.05, 0) is 0 Å². The fourth-order valence-corrected chi connectivity index (χ4v) is 5.98. The Morgan fingerprint density at radius 1 is 1.28 bits per heavy atom. The Morgan fingerprint density at radius 2 is 2.06 bits per heavy atom. The number of aromatic nitrogens is 4. The standard InChI is InChI=1S/C22H19AsClF3N5O4/c1-11(18-30-17(31-36-18)12-3-6-14(24)15(9-12)35-22(25,26)27)23-19-28-8-7-16(29-19)32-20(33)34-10-21(32,2)13-4-5-13/h3,6-9,11,13H,4-5,10H2,1-2H3/t11-,21?/m0/s1. The van der Waals surface area contributed by atoms with Crippen LogP contribution >= 0.6 is 11.6 Å². The van der Waals surface area contributed by atoms with Crippen molar-refractivity contribution in [2.75, 3.05) is 11.5 Å². The van der Waals surface area contributed by atoms with Crippen LogP contribution in [0.4, 0.5) is 23.8 Å². The molecule has 0 spiro atoms. The first kappa shape index (κ1) is 24.8. The van der Waals surface area contributed by atoms with Gasteiger partial charge in [-0.15, -0.1) is 0 Å². The molecule has 2 atom stereocenters. The van der Waals surface area contributed by atoms with Gasteiger partial charge in [0.2, 0.25) is 0 Å². The molecular weight excluding hydrogens is 566 g/mol. The van der Waals surface area contributed by atoms with Crippen LogP contribution in [0.5, 0.6) is 5.75 Å². The van der Waals surface area contributed by atoms with Gasteiger partial charge in [0.1, 0.15) is 0 Å². The summed E-state index contributed by atoms with van der Waals surface area (Å²) in [5.41, 5.74) is -0.179. The summed E-state index contributed by atoms with van der Waals surface area (Å²) in [6.45, 7) is 4.20. The average molecular weight is 585 g/mol. The van der Waals surface area contributed by atoms with E-state index in [-0.39, 0.29) is 27.0 Å². The molecule has 1 saturated heterocycles. The number of hydrogen-bond donors (Lipinski definition) is 0. The molecule has 2 fully saturated rings. The number of carbonyl (C=O) groups is 1. The van der Waals surface area contributed by atoms with Crippen molar-refractivity contribution in [3.05, 3.63) is 41.4 Å². The number of amides is 1. The van der Waals surface area contributed by atoms with Gasteiger partial charge in [0.25, 0.3) is 0 Å². The first-order valence-corrected chi connectivity index (χ1v) is 13.3. The van der Waals surface area contributed by atoms with Crippen LogP contribution in [0.3, 0.4) is 0 Å². The molecule has 2 aromatic heterocycles. The minimum absolute atomic E-state index is 0.0939. The second-order valence-electron chi connectivity index (χ2n) is 8.69. The average Bonchev–Trinajstić information content (AvgIpc) is 3.48. The van der Waals surface area contributed by atoms with E-state index in [0.29, 0.717) is 23.0 Å². The predicted octanol–water partition coefficient (Wildman–Crippen LogP) is 4.29. The third-order valence-corrected chi connectivity index (χ3v) is 8.54. The Balaban J connectivity index is 1.33. The van der Waals surface area contributed by atoms with Gasteiger partial charge in [-0.1, -0.05) is 0 Å². The van der Waals surface area contributed by atoms with E-state index in [1.54, 1.807) is 17.2 Å². The van der Waals surface area contributed by atoms with Crippen LogP contribution in [0, 0.1) is 5.92 Å². The number of halogens is 4. The third-order valence-electron chi connectivity index (χ3n) is 6.02. The Bertz CT molecular complexity index is 1300. The zero-order valence-electron chi connectivity index (χ0n) is 19.0. The number of carbonyl (C=O) groups excluding carboxylic acids is 1. The molecule has 3 heterocycles. The molecule has 189 valence electrons. The molecule has 1 radical (unpaired) electrons. The van der Waals surface area contributed by atoms with Gasteiger partial charge in [0, 0.05) is 0 Å². The first-order chi connectivity index (χ1) is 17.0. The molecule has 0 N–H and O–H groups in total. The van der Waals surface area contributed by atoms with E-state index in [1.165, 1.54) is 12.1 Å². The van der Waals surface area contributed by atoms with Crippen molar-refractivity contribution in [3.8, 4) is 17.1 Å². The summed E-state index contributed by atoms with van der Waals surface area (Å²) >= 11 is 5.11. The molecule has 2 aliphatic rings. The van der Waals surface area contributed by atoms with Crippen molar-refractivity contribution in [2.45, 2.75) is 43.3 Å². The molecule has 5 rings (SSSR count). The van der Waals surface area contributed by atoms with Crippen molar-refractivity contribution in [2.24, 2.45) is 5.92 Å². The second-order valence-corrected chi connectivity index (χ2v) is 12.1. The number of cyclic esters (lactones) is 1. The molecule has 14 heteroatoms. The van der Waals surface area contributed by atoms with E-state index in [4.69, 9.17) is 20.9 Å². The van der Waals surface area contributed by atoms with E-state index in [1.807, 2.05) is 13.8 Å². The Morgan fingerprint density at radius 3 is 2.78 bits per heavy atom. The number of benzene rings is 1. The SMILES string of the molecule is C[C@H]([As]c1nccc(N2C(=O)OCC2(C)C2CC2)n1)c1nc(-c2ccc(Cl)c(OC(F)(F)F)c2)no1. The normalized spacial score (nSPS) is 21.3. The third kappa shape index (κ3) is 5.01. The number of anilines is 1. The number of nitrogens with zero attached hydrogens (tertiary/aromatic N) is 5. The van der Waals surface area contributed by atoms with E-state index >= 15 is 0 Å². The summed E-state index contributed by atoms with van der Waals surface area (Å²) < 4.78 is 52.9. The molecule has 1 aliphatic heterocycles. The van der Waals surface area contributed by atoms with E-state index in [0.717, 1.165) is 18.9 Å². The van der Waals surface area contributed by atoms with Crippen molar-refractivity contribution in [1.82, 2.24) is 20.1 Å². The molecule has 1 saturated carbocycles. The summed E-state index contributed by atoms with van der Waals surface area (Å²) in [6.07, 6.45) is -1.62. The summed E-state index contributed by atoms with van der Waals surface area (Å²) in [6, 6.07) is 5.52. The van der Waals surface area contributed by atoms with Crippen LogP contribution in [0.2, 0.25) is 5.02 Å². The fraction of sp³-hybridized carbons (Fsp3) is 0.409. The van der Waals surface area contributed by atoms with Crippen LogP contribution in [0.15, 0.2) is 35.0 Å². The van der Waals surface area contributed by atoms with Gasteiger partial charge in [-0.3, -0.25) is 0 Å². The quantitative estimate of drug-likeness (QED) is 0.379. The van der Waals surface area contributed by atoms with Crippen LogP contribution < -0.4 is 14.2 Å². The van der Waals surface area contributed by atoms with E-state index in [9.17, 15) is 18.0 Å². The summed E-state index contributed by atoms with van der Waals surface area (Å²) in [5.74, 6) is 0.689. The summed E-state index contributed by atoms with van der Waals surface area (Å²) in [7, 11) is 0. The Kier molecular flexibility index (Phi) is 6.36. The van der Waals surface area contributed by atoms with E-state index < -0.39 is 39.5 Å². The second kappa shape index (κ2) is 9.22. The Labute approximate surface area is 215 Å². The molecule has 1 aromatic carbocycles. The van der Waals surface area contributed by atoms with Gasteiger partial charge in [0.05, 0.1) is 0 Å².